The second kappa shape index (κ2) is 13.6. The van der Waals surface area contributed by atoms with Crippen molar-refractivity contribution < 1.29 is 27.4 Å². The number of aryl methyl sites for hydroxylation is 1. The molecular formula is C35H33F3N2O3. The van der Waals surface area contributed by atoms with E-state index in [1.807, 2.05) is 49.4 Å². The van der Waals surface area contributed by atoms with E-state index in [-0.39, 0.29) is 17.8 Å². The number of likely N-dealkylation sites (tertiary alicyclic amines) is 1. The van der Waals surface area contributed by atoms with Crippen LogP contribution in [0, 0.1) is 6.92 Å². The predicted molar refractivity (Wildman–Crippen MR) is 163 cm³/mol. The molecule has 1 N–H and O–H groups in total. The first-order valence-corrected chi connectivity index (χ1v) is 14.2. The fourth-order valence-corrected chi connectivity index (χ4v) is 5.21. The summed E-state index contributed by atoms with van der Waals surface area (Å²) in [6.45, 7) is 4.64. The van der Waals surface area contributed by atoms with E-state index < -0.39 is 6.36 Å². The highest BCUT2D eigenvalue weighted by Gasteiger charge is 2.31. The Kier molecular flexibility index (Phi) is 9.47. The molecule has 0 radical (unpaired) electrons. The summed E-state index contributed by atoms with van der Waals surface area (Å²) in [7, 11) is 0. The summed E-state index contributed by atoms with van der Waals surface area (Å²) >= 11 is 0. The number of carbonyl (C=O) groups excluding carboxylic acids is 1. The first-order valence-electron chi connectivity index (χ1n) is 14.2. The number of hydrogen-bond donors (Lipinski definition) is 1. The minimum Gasteiger partial charge on any atom is -0.490 e. The van der Waals surface area contributed by atoms with Crippen molar-refractivity contribution in [1.82, 2.24) is 4.90 Å². The maximum Gasteiger partial charge on any atom is 0.573 e. The van der Waals surface area contributed by atoms with Gasteiger partial charge in [-0.05, 0) is 72.4 Å². The van der Waals surface area contributed by atoms with Crippen molar-refractivity contribution in [2.45, 2.75) is 32.2 Å². The lowest BCUT2D eigenvalue weighted by Gasteiger charge is -2.31. The molecule has 0 aromatic heterocycles. The number of carbonyl (C=O) groups is 1. The number of ether oxygens (including phenoxy) is 2. The molecule has 4 aromatic carbocycles. The molecule has 1 heterocycles. The average molecular weight is 587 g/mol. The van der Waals surface area contributed by atoms with Crippen molar-refractivity contribution >= 4 is 17.7 Å². The molecule has 0 spiro atoms. The largest absolute Gasteiger partial charge is 0.573 e. The highest BCUT2D eigenvalue weighted by atomic mass is 19.4. The molecular weight excluding hydrogens is 553 g/mol. The highest BCUT2D eigenvalue weighted by molar-refractivity contribution is 6.09. The van der Waals surface area contributed by atoms with Crippen LogP contribution in [0.25, 0.3) is 17.2 Å². The van der Waals surface area contributed by atoms with Gasteiger partial charge in [-0.1, -0.05) is 72.8 Å². The average Bonchev–Trinajstić information content (AvgIpc) is 2.98. The van der Waals surface area contributed by atoms with Crippen molar-refractivity contribution in [2.75, 3.05) is 25.0 Å². The molecule has 8 heteroatoms. The van der Waals surface area contributed by atoms with Crippen LogP contribution in [0.1, 0.15) is 34.3 Å². The minimum absolute atomic E-state index is 0.0907. The summed E-state index contributed by atoms with van der Waals surface area (Å²) in [5.41, 5.74) is 4.25. The zero-order chi connectivity index (χ0) is 30.2. The third kappa shape index (κ3) is 8.49. The van der Waals surface area contributed by atoms with Crippen LogP contribution in [0.4, 0.5) is 18.9 Å². The third-order valence-electron chi connectivity index (χ3n) is 7.30. The Bertz CT molecular complexity index is 1550. The SMILES string of the molecule is Cc1cccc(C(=O)Nc2cccc(OC3CCN(C/C=C/c4ccccc4)CC3)c2)c1-c1ccc(OC(F)(F)F)cc1. The Hall–Kier alpha value is -4.56. The van der Waals surface area contributed by atoms with E-state index in [0.29, 0.717) is 28.1 Å². The lowest BCUT2D eigenvalue weighted by atomic mass is 9.94. The lowest BCUT2D eigenvalue weighted by Crippen LogP contribution is -2.38. The Morgan fingerprint density at radius 2 is 1.63 bits per heavy atom. The molecule has 1 fully saturated rings. The van der Waals surface area contributed by atoms with Gasteiger partial charge in [-0.2, -0.15) is 0 Å². The number of nitrogens with one attached hydrogen (secondary N) is 1. The Labute approximate surface area is 249 Å². The van der Waals surface area contributed by atoms with Gasteiger partial charge in [0.15, 0.2) is 0 Å². The Morgan fingerprint density at radius 3 is 2.35 bits per heavy atom. The number of anilines is 1. The normalized spacial score (nSPS) is 14.5. The molecule has 4 aromatic rings. The number of piperidine rings is 1. The molecule has 0 atom stereocenters. The molecule has 43 heavy (non-hydrogen) atoms. The fourth-order valence-electron chi connectivity index (χ4n) is 5.21. The van der Waals surface area contributed by atoms with Gasteiger partial charge in [-0.3, -0.25) is 9.69 Å². The van der Waals surface area contributed by atoms with E-state index in [9.17, 15) is 18.0 Å². The first kappa shape index (κ1) is 29.9. The van der Waals surface area contributed by atoms with Gasteiger partial charge in [0, 0.05) is 37.0 Å². The fraction of sp³-hybridized carbons (Fsp3) is 0.229. The van der Waals surface area contributed by atoms with Crippen LogP contribution in [-0.2, 0) is 0 Å². The van der Waals surface area contributed by atoms with E-state index in [1.54, 1.807) is 18.2 Å². The molecule has 0 bridgehead atoms. The molecule has 1 aliphatic rings. The molecule has 1 amide bonds. The first-order chi connectivity index (χ1) is 20.7. The van der Waals surface area contributed by atoms with Crippen LogP contribution in [0.15, 0.2) is 103 Å². The van der Waals surface area contributed by atoms with E-state index in [0.717, 1.165) is 38.0 Å². The van der Waals surface area contributed by atoms with Crippen LogP contribution in [0.2, 0.25) is 0 Å². The van der Waals surface area contributed by atoms with Gasteiger partial charge in [0.05, 0.1) is 0 Å². The van der Waals surface area contributed by atoms with Crippen molar-refractivity contribution in [2.24, 2.45) is 0 Å². The van der Waals surface area contributed by atoms with Crippen molar-refractivity contribution in [3.05, 3.63) is 120 Å². The van der Waals surface area contributed by atoms with Gasteiger partial charge in [-0.15, -0.1) is 13.2 Å². The highest BCUT2D eigenvalue weighted by Crippen LogP contribution is 2.32. The van der Waals surface area contributed by atoms with E-state index in [4.69, 9.17) is 4.74 Å². The number of hydrogen-bond acceptors (Lipinski definition) is 4. The summed E-state index contributed by atoms with van der Waals surface area (Å²) < 4.78 is 48.0. The maximum atomic E-state index is 13.4. The van der Waals surface area contributed by atoms with Crippen molar-refractivity contribution in [3.63, 3.8) is 0 Å². The number of rotatable bonds is 9. The van der Waals surface area contributed by atoms with Crippen LogP contribution in [0.5, 0.6) is 11.5 Å². The lowest BCUT2D eigenvalue weighted by molar-refractivity contribution is -0.274. The van der Waals surface area contributed by atoms with Crippen molar-refractivity contribution in [1.29, 1.82) is 0 Å². The molecule has 1 aliphatic heterocycles. The summed E-state index contributed by atoms with van der Waals surface area (Å²) in [5, 5.41) is 2.95. The standard InChI is InChI=1S/C35H33F3N2O3/c1-25-8-5-14-32(33(25)27-15-17-30(18-16-27)43-35(36,37)38)34(41)39-28-12-6-13-31(24-28)42-29-19-22-40(23-20-29)21-7-11-26-9-3-2-4-10-26/h2-18,24,29H,19-23H2,1H3,(H,39,41)/b11-7+. The van der Waals surface area contributed by atoms with Gasteiger partial charge >= 0.3 is 6.36 Å². The number of alkyl halides is 3. The predicted octanol–water partition coefficient (Wildman–Crippen LogP) is 8.37. The second-order valence-electron chi connectivity index (χ2n) is 10.5. The van der Waals surface area contributed by atoms with Crippen LogP contribution >= 0.6 is 0 Å². The molecule has 0 aliphatic carbocycles. The molecule has 222 valence electrons. The van der Waals surface area contributed by atoms with Gasteiger partial charge < -0.3 is 14.8 Å². The van der Waals surface area contributed by atoms with Gasteiger partial charge in [0.2, 0.25) is 0 Å². The summed E-state index contributed by atoms with van der Waals surface area (Å²) in [6, 6.07) is 28.4. The summed E-state index contributed by atoms with van der Waals surface area (Å²) in [6.07, 6.45) is 1.48. The smallest absolute Gasteiger partial charge is 0.490 e. The monoisotopic (exact) mass is 586 g/mol. The second-order valence-corrected chi connectivity index (χ2v) is 10.5. The van der Waals surface area contributed by atoms with E-state index in [1.165, 1.54) is 29.8 Å². The number of nitrogens with zero attached hydrogens (tertiary/aromatic N) is 1. The topological polar surface area (TPSA) is 50.8 Å². The quantitative estimate of drug-likeness (QED) is 0.214. The Morgan fingerprint density at radius 1 is 0.907 bits per heavy atom. The molecule has 0 saturated carbocycles. The maximum absolute atomic E-state index is 13.4. The molecule has 0 unspecified atom stereocenters. The number of halogens is 3. The molecule has 1 saturated heterocycles. The zero-order valence-electron chi connectivity index (χ0n) is 23.8. The van der Waals surface area contributed by atoms with Crippen molar-refractivity contribution in [3.8, 4) is 22.6 Å². The van der Waals surface area contributed by atoms with Gasteiger partial charge in [0.25, 0.3) is 5.91 Å². The van der Waals surface area contributed by atoms with Gasteiger partial charge in [0.1, 0.15) is 17.6 Å². The number of amides is 1. The zero-order valence-corrected chi connectivity index (χ0v) is 23.8. The summed E-state index contributed by atoms with van der Waals surface area (Å²) in [4.78, 5) is 15.8. The van der Waals surface area contributed by atoms with E-state index >= 15 is 0 Å². The van der Waals surface area contributed by atoms with E-state index in [2.05, 4.69) is 39.2 Å². The van der Waals surface area contributed by atoms with Gasteiger partial charge in [-0.25, -0.2) is 0 Å². The third-order valence-corrected chi connectivity index (χ3v) is 7.30. The minimum atomic E-state index is -4.77. The number of benzene rings is 4. The van der Waals surface area contributed by atoms with Crippen LogP contribution in [-0.4, -0.2) is 42.9 Å². The summed E-state index contributed by atoms with van der Waals surface area (Å²) in [5.74, 6) is 0.0338. The molecule has 5 rings (SSSR count). The molecule has 5 nitrogen and oxygen atoms in total. The van der Waals surface area contributed by atoms with Crippen LogP contribution in [0.3, 0.4) is 0 Å². The van der Waals surface area contributed by atoms with Crippen LogP contribution < -0.4 is 14.8 Å². The Balaban J connectivity index is 1.19.